The Hall–Kier alpha value is -6.66. The topological polar surface area (TPSA) is 186 Å². The molecular weight excluding hydrogens is 869 g/mol. The van der Waals surface area contributed by atoms with E-state index in [1.165, 1.54) is 34.1 Å². The van der Waals surface area contributed by atoms with Crippen LogP contribution in [0.15, 0.2) is 108 Å². The Morgan fingerprint density at radius 1 is 0.938 bits per heavy atom. The van der Waals surface area contributed by atoms with Gasteiger partial charge < -0.3 is 28.8 Å². The van der Waals surface area contributed by atoms with Crippen LogP contribution >= 0.6 is 7.82 Å². The summed E-state index contributed by atoms with van der Waals surface area (Å²) in [6.45, 7) is -0.665. The SMILES string of the molecule is O=C(O)c1cn(C2CC2)c2c3c(c(F)cc2c1=O)N1C[C@@](COc2ccc(N4C[C@@H](Cn5ccnn5)OC4=O)cc2F)(OP(=O)(OCc2ccccc2)OCc2ccccc2)C[C@@H]1CO3. The first-order chi connectivity index (χ1) is 31.4. The minimum Gasteiger partial charge on any atom is -0.487 e. The van der Waals surface area contributed by atoms with Crippen LogP contribution in [0.2, 0.25) is 0 Å². The fraction of sp³-hybridized carbons (Fsp3) is 0.311. The van der Waals surface area contributed by atoms with Crippen LogP contribution in [0.1, 0.15) is 46.8 Å². The molecule has 5 heterocycles. The number of rotatable bonds is 16. The molecular formula is C45H41F2N6O11P. The predicted molar refractivity (Wildman–Crippen MR) is 228 cm³/mol. The minimum absolute atomic E-state index is 0.00281. The number of aromatic nitrogens is 4. The lowest BCUT2D eigenvalue weighted by Gasteiger charge is -2.35. The Bertz CT molecular complexity index is 2840. The fourth-order valence-electron chi connectivity index (χ4n) is 8.60. The van der Waals surface area contributed by atoms with E-state index in [1.807, 2.05) is 12.1 Å². The smallest absolute Gasteiger partial charge is 0.476 e. The number of benzene rings is 4. The molecule has 2 saturated heterocycles. The van der Waals surface area contributed by atoms with E-state index in [4.69, 9.17) is 27.8 Å². The highest BCUT2D eigenvalue weighted by Crippen LogP contribution is 2.58. The summed E-state index contributed by atoms with van der Waals surface area (Å²) in [7, 11) is -4.58. The molecule has 0 bridgehead atoms. The lowest BCUT2D eigenvalue weighted by atomic mass is 10.0. The number of hydrogen-bond acceptors (Lipinski definition) is 13. The first kappa shape index (κ1) is 42.3. The molecule has 1 aliphatic carbocycles. The Balaban J connectivity index is 0.988. The molecule has 0 spiro atoms. The van der Waals surface area contributed by atoms with Crippen molar-refractivity contribution in [1.29, 1.82) is 0 Å². The number of carboxylic acid groups (broad SMARTS) is 1. The van der Waals surface area contributed by atoms with E-state index in [-0.39, 0.29) is 85.7 Å². The highest BCUT2D eigenvalue weighted by molar-refractivity contribution is 7.48. The van der Waals surface area contributed by atoms with Gasteiger partial charge in [-0.05, 0) is 42.2 Å². The van der Waals surface area contributed by atoms with Gasteiger partial charge >= 0.3 is 19.9 Å². The number of phosphoric ester groups is 1. The summed E-state index contributed by atoms with van der Waals surface area (Å²) >= 11 is 0. The zero-order valence-corrected chi connectivity index (χ0v) is 35.4. The van der Waals surface area contributed by atoms with Gasteiger partial charge in [0.25, 0.3) is 0 Å². The molecule has 65 heavy (non-hydrogen) atoms. The number of hydrogen-bond donors (Lipinski definition) is 1. The minimum atomic E-state index is -4.58. The summed E-state index contributed by atoms with van der Waals surface area (Å²) in [5.41, 5.74) is -1.19. The van der Waals surface area contributed by atoms with Gasteiger partial charge in [-0.2, -0.15) is 0 Å². The van der Waals surface area contributed by atoms with Gasteiger partial charge in [0, 0.05) is 30.9 Å². The number of nitrogens with zero attached hydrogens (tertiary/aromatic N) is 6. The van der Waals surface area contributed by atoms with E-state index < -0.39 is 66.9 Å². The molecule has 0 radical (unpaired) electrons. The molecule has 20 heteroatoms. The molecule has 1 N–H and O–H groups in total. The molecule has 3 fully saturated rings. The molecule has 3 aliphatic heterocycles. The number of carbonyl (C=O) groups excluding carboxylic acids is 1. The summed E-state index contributed by atoms with van der Waals surface area (Å²) in [6, 6.07) is 22.2. The van der Waals surface area contributed by atoms with Crippen LogP contribution in [0, 0.1) is 11.6 Å². The first-order valence-corrected chi connectivity index (χ1v) is 22.4. The lowest BCUT2D eigenvalue weighted by Crippen LogP contribution is -2.43. The summed E-state index contributed by atoms with van der Waals surface area (Å²) in [4.78, 5) is 41.4. The number of phosphoric acid groups is 1. The van der Waals surface area contributed by atoms with E-state index in [2.05, 4.69) is 10.3 Å². The van der Waals surface area contributed by atoms with Crippen LogP contribution in [0.4, 0.5) is 25.0 Å². The summed E-state index contributed by atoms with van der Waals surface area (Å²) in [5, 5.41) is 17.4. The van der Waals surface area contributed by atoms with Crippen molar-refractivity contribution in [2.75, 3.05) is 36.1 Å². The van der Waals surface area contributed by atoms with E-state index in [0.717, 1.165) is 25.0 Å². The van der Waals surface area contributed by atoms with Gasteiger partial charge in [-0.25, -0.2) is 27.6 Å². The number of anilines is 2. The van der Waals surface area contributed by atoms with Crippen molar-refractivity contribution in [3.8, 4) is 11.5 Å². The van der Waals surface area contributed by atoms with Crippen molar-refractivity contribution >= 4 is 42.2 Å². The van der Waals surface area contributed by atoms with E-state index in [0.29, 0.717) is 11.1 Å². The summed E-state index contributed by atoms with van der Waals surface area (Å²) in [5.74, 6) is -3.30. The Morgan fingerprint density at radius 3 is 2.31 bits per heavy atom. The molecule has 17 nitrogen and oxygen atoms in total. The van der Waals surface area contributed by atoms with Crippen LogP contribution < -0.4 is 24.7 Å². The number of ether oxygens (including phenoxy) is 3. The Morgan fingerprint density at radius 2 is 1.66 bits per heavy atom. The molecule has 1 saturated carbocycles. The molecule has 4 aromatic carbocycles. The highest BCUT2D eigenvalue weighted by Gasteiger charge is 2.54. The number of amides is 1. The molecule has 3 atom stereocenters. The summed E-state index contributed by atoms with van der Waals surface area (Å²) < 4.78 is 87.6. The maximum Gasteiger partial charge on any atom is 0.476 e. The van der Waals surface area contributed by atoms with Crippen molar-refractivity contribution in [1.82, 2.24) is 19.6 Å². The molecule has 10 rings (SSSR count). The first-order valence-electron chi connectivity index (χ1n) is 20.9. The Kier molecular flexibility index (Phi) is 11.1. The normalized spacial score (nSPS) is 20.4. The van der Waals surface area contributed by atoms with Gasteiger partial charge in [0.15, 0.2) is 23.1 Å². The van der Waals surface area contributed by atoms with E-state index >= 15 is 13.3 Å². The Labute approximate surface area is 369 Å². The van der Waals surface area contributed by atoms with Gasteiger partial charge in [-0.15, -0.1) is 5.10 Å². The molecule has 6 aromatic rings. The average Bonchev–Trinajstić information content (AvgIpc) is 3.70. The quantitative estimate of drug-likeness (QED) is 0.0956. The average molecular weight is 911 g/mol. The number of fused-ring (bicyclic) bond motifs is 5. The predicted octanol–water partition coefficient (Wildman–Crippen LogP) is 7.28. The monoisotopic (exact) mass is 910 g/mol. The van der Waals surface area contributed by atoms with Crippen LogP contribution in [-0.4, -0.2) is 80.8 Å². The largest absolute Gasteiger partial charge is 0.487 e. The van der Waals surface area contributed by atoms with Crippen LogP contribution in [0.5, 0.6) is 11.5 Å². The standard InChI is InChI=1S/C45H41F2N6O11P/c46-36-17-31(52-21-33(63-44(52)57)20-50-16-15-48-49-50)13-14-38(36)60-27-45(64-65(58,61-23-28-7-3-1-4-8-28)62-24-29-9-5-2-6-10-29)19-32-25-59-42-39-34(18-37(47)40(42)53(32)26-45)41(54)35(43(55)56)22-51(39)30-11-12-30/h1-10,13-18,22,30,32-33H,11-12,19-21,23-27H2,(H,55,56)/t32-,33-,45+/m1/s1. The number of pyridine rings is 1. The summed E-state index contributed by atoms with van der Waals surface area (Å²) in [6.07, 6.45) is 4.61. The van der Waals surface area contributed by atoms with Crippen molar-refractivity contribution in [2.24, 2.45) is 0 Å². The van der Waals surface area contributed by atoms with Crippen LogP contribution in [0.3, 0.4) is 0 Å². The molecule has 1 amide bonds. The van der Waals surface area contributed by atoms with Gasteiger partial charge in [-0.3, -0.25) is 23.3 Å². The van der Waals surface area contributed by atoms with Gasteiger partial charge in [0.2, 0.25) is 5.43 Å². The second-order valence-electron chi connectivity index (χ2n) is 16.4. The maximum absolute atomic E-state index is 16.6. The highest BCUT2D eigenvalue weighted by atomic mass is 31.2. The molecule has 336 valence electrons. The number of aromatic carboxylic acids is 1. The lowest BCUT2D eigenvalue weighted by molar-refractivity contribution is -0.0139. The van der Waals surface area contributed by atoms with Crippen molar-refractivity contribution in [3.05, 3.63) is 142 Å². The second kappa shape index (κ2) is 17.0. The van der Waals surface area contributed by atoms with Gasteiger partial charge in [-0.1, -0.05) is 65.9 Å². The molecule has 0 unspecified atom stereocenters. The van der Waals surface area contributed by atoms with E-state index in [1.54, 1.807) is 64.2 Å². The van der Waals surface area contributed by atoms with Crippen molar-refractivity contribution < 1.29 is 55.8 Å². The second-order valence-corrected chi connectivity index (χ2v) is 18.0. The van der Waals surface area contributed by atoms with Crippen molar-refractivity contribution in [2.45, 2.75) is 62.8 Å². The van der Waals surface area contributed by atoms with Crippen LogP contribution in [0.25, 0.3) is 10.9 Å². The molecule has 4 aliphatic rings. The maximum atomic E-state index is 16.6. The third-order valence-electron chi connectivity index (χ3n) is 11.8. The number of halogens is 2. The third kappa shape index (κ3) is 8.55. The number of cyclic esters (lactones) is 1. The van der Waals surface area contributed by atoms with Gasteiger partial charge in [0.05, 0.1) is 61.7 Å². The number of carbonyl (C=O) groups is 2. The third-order valence-corrected chi connectivity index (χ3v) is 13.3. The van der Waals surface area contributed by atoms with Crippen LogP contribution in [-0.2, 0) is 42.6 Å². The van der Waals surface area contributed by atoms with Crippen molar-refractivity contribution in [3.63, 3.8) is 0 Å². The fourth-order valence-corrected chi connectivity index (χ4v) is 10.1. The van der Waals surface area contributed by atoms with E-state index in [9.17, 15) is 19.5 Å². The molecule has 2 aromatic heterocycles. The number of carboxylic acids is 1. The zero-order chi connectivity index (χ0) is 44.9. The zero-order valence-electron chi connectivity index (χ0n) is 34.5. The van der Waals surface area contributed by atoms with Gasteiger partial charge in [0.1, 0.15) is 36.2 Å².